The Labute approximate surface area is 119 Å². The summed E-state index contributed by atoms with van der Waals surface area (Å²) in [6.45, 7) is 0.445. The minimum absolute atomic E-state index is 0.0959. The minimum Gasteiger partial charge on any atom is -0.391 e. The molecule has 20 heavy (non-hydrogen) atoms. The van der Waals surface area contributed by atoms with Gasteiger partial charge in [0.15, 0.2) is 0 Å². The zero-order valence-electron chi connectivity index (χ0n) is 11.9. The predicted molar refractivity (Wildman–Crippen MR) is 79.4 cm³/mol. The summed E-state index contributed by atoms with van der Waals surface area (Å²) in [6, 6.07) is 7.20. The molecule has 1 saturated carbocycles. The number of likely N-dealkylation sites (N-methyl/N-ethyl adjacent to an activating group) is 1. The second kappa shape index (κ2) is 6.72. The first kappa shape index (κ1) is 14.8. The zero-order chi connectivity index (χ0) is 14.5. The van der Waals surface area contributed by atoms with E-state index in [-0.39, 0.29) is 12.1 Å². The summed E-state index contributed by atoms with van der Waals surface area (Å²) in [5.41, 5.74) is 7.29. The smallest absolute Gasteiger partial charge is 0.321 e. The Morgan fingerprint density at radius 3 is 2.90 bits per heavy atom. The number of nitrogens with one attached hydrogen (secondary N) is 1. The number of rotatable bonds is 3. The van der Waals surface area contributed by atoms with Gasteiger partial charge in [-0.15, -0.1) is 0 Å². The third-order valence-corrected chi connectivity index (χ3v) is 3.93. The summed E-state index contributed by atoms with van der Waals surface area (Å²) >= 11 is 0. The van der Waals surface area contributed by atoms with Gasteiger partial charge in [0.1, 0.15) is 0 Å². The molecule has 0 heterocycles. The highest BCUT2D eigenvalue weighted by Crippen LogP contribution is 2.23. The molecule has 1 aliphatic carbocycles. The average Bonchev–Trinajstić information content (AvgIpc) is 2.47. The number of urea groups is 1. The van der Waals surface area contributed by atoms with Crippen molar-refractivity contribution in [2.75, 3.05) is 12.4 Å². The molecule has 0 spiro atoms. The Hall–Kier alpha value is -1.59. The number of carbonyl (C=O) groups is 1. The number of carbonyl (C=O) groups excluding carboxylic acids is 1. The summed E-state index contributed by atoms with van der Waals surface area (Å²) in [7, 11) is 1.74. The lowest BCUT2D eigenvalue weighted by atomic mass is 9.92. The van der Waals surface area contributed by atoms with Crippen LogP contribution < -0.4 is 11.1 Å². The maximum atomic E-state index is 12.2. The number of anilines is 1. The SMILES string of the molecule is CN(C(=O)Nc1cccc(CN)c1)C1CCCCC1O. The third-order valence-electron chi connectivity index (χ3n) is 3.93. The van der Waals surface area contributed by atoms with Gasteiger partial charge in [0, 0.05) is 19.3 Å². The standard InChI is InChI=1S/C15H23N3O2/c1-18(13-7-2-3-8-14(13)19)15(20)17-12-6-4-5-11(9-12)10-16/h4-6,9,13-14,19H,2-3,7-8,10,16H2,1H3,(H,17,20). The number of aliphatic hydroxyl groups is 1. The van der Waals surface area contributed by atoms with Crippen molar-refractivity contribution in [2.45, 2.75) is 44.4 Å². The van der Waals surface area contributed by atoms with Gasteiger partial charge in [-0.1, -0.05) is 25.0 Å². The monoisotopic (exact) mass is 277 g/mol. The van der Waals surface area contributed by atoms with E-state index in [9.17, 15) is 9.90 Å². The Morgan fingerprint density at radius 1 is 1.45 bits per heavy atom. The molecule has 0 saturated heterocycles. The maximum absolute atomic E-state index is 12.2. The van der Waals surface area contributed by atoms with E-state index in [1.54, 1.807) is 11.9 Å². The number of hydrogen-bond donors (Lipinski definition) is 3. The lowest BCUT2D eigenvalue weighted by Gasteiger charge is -2.35. The van der Waals surface area contributed by atoms with Gasteiger partial charge < -0.3 is 21.1 Å². The van der Waals surface area contributed by atoms with Gasteiger partial charge in [-0.2, -0.15) is 0 Å². The molecular weight excluding hydrogens is 254 g/mol. The summed E-state index contributed by atoms with van der Waals surface area (Å²) in [4.78, 5) is 13.8. The van der Waals surface area contributed by atoms with Crippen LogP contribution in [0.1, 0.15) is 31.2 Å². The van der Waals surface area contributed by atoms with E-state index in [2.05, 4.69) is 5.32 Å². The van der Waals surface area contributed by atoms with Gasteiger partial charge in [-0.05, 0) is 30.5 Å². The predicted octanol–water partition coefficient (Wildman–Crippen LogP) is 1.91. The number of amides is 2. The number of hydrogen-bond acceptors (Lipinski definition) is 3. The Kier molecular flexibility index (Phi) is 4.98. The molecule has 0 aromatic heterocycles. The summed E-state index contributed by atoms with van der Waals surface area (Å²) < 4.78 is 0. The second-order valence-corrected chi connectivity index (χ2v) is 5.36. The molecule has 1 aromatic rings. The van der Waals surface area contributed by atoms with Crippen molar-refractivity contribution in [2.24, 2.45) is 5.73 Å². The van der Waals surface area contributed by atoms with Crippen molar-refractivity contribution in [3.63, 3.8) is 0 Å². The molecule has 5 nitrogen and oxygen atoms in total. The molecule has 2 amide bonds. The molecule has 0 aliphatic heterocycles. The molecule has 2 atom stereocenters. The zero-order valence-corrected chi connectivity index (χ0v) is 11.9. The first-order chi connectivity index (χ1) is 9.61. The van der Waals surface area contributed by atoms with Crippen LogP contribution in [0.3, 0.4) is 0 Å². The second-order valence-electron chi connectivity index (χ2n) is 5.36. The van der Waals surface area contributed by atoms with Crippen LogP contribution in [0.5, 0.6) is 0 Å². The topological polar surface area (TPSA) is 78.6 Å². The van der Waals surface area contributed by atoms with Crippen LogP contribution in [0.2, 0.25) is 0 Å². The summed E-state index contributed by atoms with van der Waals surface area (Å²) in [5, 5.41) is 12.9. The molecule has 4 N–H and O–H groups in total. The molecule has 1 fully saturated rings. The van der Waals surface area contributed by atoms with Crippen LogP contribution in [-0.4, -0.2) is 35.2 Å². The van der Waals surface area contributed by atoms with E-state index >= 15 is 0 Å². The minimum atomic E-state index is -0.421. The molecule has 1 aromatic carbocycles. The number of aliphatic hydroxyl groups excluding tert-OH is 1. The van der Waals surface area contributed by atoms with Crippen LogP contribution in [0.4, 0.5) is 10.5 Å². The summed E-state index contributed by atoms with van der Waals surface area (Å²) in [5.74, 6) is 0. The van der Waals surface area contributed by atoms with Gasteiger partial charge in [0.25, 0.3) is 0 Å². The van der Waals surface area contributed by atoms with Crippen LogP contribution >= 0.6 is 0 Å². The van der Waals surface area contributed by atoms with E-state index in [1.165, 1.54) is 0 Å². The molecule has 5 heteroatoms. The first-order valence-electron chi connectivity index (χ1n) is 7.12. The average molecular weight is 277 g/mol. The molecule has 2 rings (SSSR count). The van der Waals surface area contributed by atoms with Gasteiger partial charge >= 0.3 is 6.03 Å². The number of nitrogens with two attached hydrogens (primary N) is 1. The summed E-state index contributed by atoms with van der Waals surface area (Å²) in [6.07, 6.45) is 3.29. The fourth-order valence-corrected chi connectivity index (χ4v) is 2.68. The maximum Gasteiger partial charge on any atom is 0.321 e. The number of benzene rings is 1. The molecular formula is C15H23N3O2. The van der Waals surface area contributed by atoms with Gasteiger partial charge in [0.05, 0.1) is 12.1 Å². The van der Waals surface area contributed by atoms with Crippen molar-refractivity contribution < 1.29 is 9.90 Å². The Bertz CT molecular complexity index is 464. The van der Waals surface area contributed by atoms with Crippen LogP contribution in [0, 0.1) is 0 Å². The van der Waals surface area contributed by atoms with Crippen LogP contribution in [-0.2, 0) is 6.54 Å². The van der Waals surface area contributed by atoms with Crippen molar-refractivity contribution in [3.05, 3.63) is 29.8 Å². The quantitative estimate of drug-likeness (QED) is 0.789. The highest BCUT2D eigenvalue weighted by molar-refractivity contribution is 5.89. The lowest BCUT2D eigenvalue weighted by Crippen LogP contribution is -2.47. The molecule has 1 aliphatic rings. The highest BCUT2D eigenvalue weighted by atomic mass is 16.3. The van der Waals surface area contributed by atoms with Crippen molar-refractivity contribution in [3.8, 4) is 0 Å². The van der Waals surface area contributed by atoms with Gasteiger partial charge in [-0.25, -0.2) is 4.79 Å². The molecule has 2 unspecified atom stereocenters. The van der Waals surface area contributed by atoms with E-state index in [1.807, 2.05) is 24.3 Å². The van der Waals surface area contributed by atoms with E-state index in [0.29, 0.717) is 6.54 Å². The Morgan fingerprint density at radius 2 is 2.20 bits per heavy atom. The van der Waals surface area contributed by atoms with E-state index in [4.69, 9.17) is 5.73 Å². The fraction of sp³-hybridized carbons (Fsp3) is 0.533. The van der Waals surface area contributed by atoms with Crippen LogP contribution in [0.25, 0.3) is 0 Å². The lowest BCUT2D eigenvalue weighted by molar-refractivity contribution is 0.0494. The molecule has 110 valence electrons. The third kappa shape index (κ3) is 3.49. The number of nitrogens with zero attached hydrogens (tertiary/aromatic N) is 1. The highest BCUT2D eigenvalue weighted by Gasteiger charge is 2.29. The largest absolute Gasteiger partial charge is 0.391 e. The first-order valence-corrected chi connectivity index (χ1v) is 7.12. The molecule has 0 radical (unpaired) electrons. The van der Waals surface area contributed by atoms with E-state index in [0.717, 1.165) is 36.9 Å². The van der Waals surface area contributed by atoms with Gasteiger partial charge in [0.2, 0.25) is 0 Å². The fourth-order valence-electron chi connectivity index (χ4n) is 2.68. The van der Waals surface area contributed by atoms with Gasteiger partial charge in [-0.3, -0.25) is 0 Å². The molecule has 0 bridgehead atoms. The normalized spacial score (nSPS) is 22.4. The van der Waals surface area contributed by atoms with Crippen molar-refractivity contribution >= 4 is 11.7 Å². The van der Waals surface area contributed by atoms with Crippen LogP contribution in [0.15, 0.2) is 24.3 Å². The van der Waals surface area contributed by atoms with Crippen molar-refractivity contribution in [1.82, 2.24) is 4.90 Å². The van der Waals surface area contributed by atoms with Crippen molar-refractivity contribution in [1.29, 1.82) is 0 Å². The Balaban J connectivity index is 1.99. The van der Waals surface area contributed by atoms with E-state index < -0.39 is 6.10 Å².